The van der Waals surface area contributed by atoms with E-state index < -0.39 is 12.0 Å². The van der Waals surface area contributed by atoms with E-state index in [-0.39, 0.29) is 0 Å². The molecule has 1 fully saturated rings. The number of carboxylic acid groups (broad SMARTS) is 1. The maximum absolute atomic E-state index is 11.7. The predicted octanol–water partition coefficient (Wildman–Crippen LogP) is 2.08. The molecule has 1 aliphatic heterocycles. The lowest BCUT2D eigenvalue weighted by Gasteiger charge is -2.29. The molecule has 1 aliphatic carbocycles. The summed E-state index contributed by atoms with van der Waals surface area (Å²) in [7, 11) is 0. The van der Waals surface area contributed by atoms with Crippen molar-refractivity contribution in [3.63, 3.8) is 0 Å². The quantitative estimate of drug-likeness (QED) is 0.900. The van der Waals surface area contributed by atoms with Crippen molar-refractivity contribution in [2.45, 2.75) is 31.4 Å². The number of rotatable bonds is 5. The van der Waals surface area contributed by atoms with Crippen LogP contribution >= 0.6 is 0 Å². The van der Waals surface area contributed by atoms with E-state index in [4.69, 9.17) is 9.47 Å². The Kier molecular flexibility index (Phi) is 4.41. The Bertz CT molecular complexity index is 501. The van der Waals surface area contributed by atoms with Crippen LogP contribution in [-0.4, -0.2) is 48.4 Å². The molecular weight excluding hydrogens is 270 g/mol. The molecule has 1 heterocycles. The van der Waals surface area contributed by atoms with Crippen LogP contribution in [0.2, 0.25) is 0 Å². The van der Waals surface area contributed by atoms with E-state index in [1.54, 1.807) is 0 Å². The predicted molar refractivity (Wildman–Crippen MR) is 77.5 cm³/mol. The van der Waals surface area contributed by atoms with Crippen LogP contribution in [0.3, 0.4) is 0 Å². The van der Waals surface area contributed by atoms with Crippen LogP contribution < -0.4 is 4.74 Å². The van der Waals surface area contributed by atoms with Crippen molar-refractivity contribution >= 4 is 5.97 Å². The Hall–Kier alpha value is -1.59. The summed E-state index contributed by atoms with van der Waals surface area (Å²) in [5.41, 5.74) is 0.728. The number of carbonyl (C=O) groups is 1. The highest BCUT2D eigenvalue weighted by Gasteiger charge is 2.32. The summed E-state index contributed by atoms with van der Waals surface area (Å²) < 4.78 is 11.4. The van der Waals surface area contributed by atoms with Gasteiger partial charge in [-0.25, -0.2) is 0 Å². The second-order valence-electron chi connectivity index (χ2n) is 5.59. The summed E-state index contributed by atoms with van der Waals surface area (Å²) in [4.78, 5) is 13.6. The molecule has 1 aromatic rings. The van der Waals surface area contributed by atoms with E-state index in [0.717, 1.165) is 18.4 Å². The molecule has 114 valence electrons. The van der Waals surface area contributed by atoms with Crippen molar-refractivity contribution in [3.05, 3.63) is 29.8 Å². The first kappa shape index (κ1) is 14.4. The molecule has 1 unspecified atom stereocenters. The minimum Gasteiger partial charge on any atom is -0.492 e. The minimum absolute atomic E-state index is 0.379. The largest absolute Gasteiger partial charge is 0.492 e. The van der Waals surface area contributed by atoms with Gasteiger partial charge in [0, 0.05) is 18.7 Å². The zero-order valence-electron chi connectivity index (χ0n) is 12.0. The van der Waals surface area contributed by atoms with E-state index >= 15 is 0 Å². The summed E-state index contributed by atoms with van der Waals surface area (Å²) in [6.07, 6.45) is 3.89. The molecule has 5 heteroatoms. The smallest absolute Gasteiger partial charge is 0.325 e. The van der Waals surface area contributed by atoms with Gasteiger partial charge >= 0.3 is 5.97 Å². The first-order valence-corrected chi connectivity index (χ1v) is 7.56. The summed E-state index contributed by atoms with van der Waals surface area (Å²) >= 11 is 0. The number of hydrogen-bond acceptors (Lipinski definition) is 4. The number of para-hydroxylation sites is 1. The lowest BCUT2D eigenvalue weighted by atomic mass is 9.96. The van der Waals surface area contributed by atoms with Gasteiger partial charge in [0.05, 0.1) is 12.7 Å². The van der Waals surface area contributed by atoms with Gasteiger partial charge in [0.15, 0.2) is 0 Å². The Labute approximate surface area is 124 Å². The van der Waals surface area contributed by atoms with E-state index in [0.29, 0.717) is 38.2 Å². The molecule has 1 aromatic carbocycles. The van der Waals surface area contributed by atoms with Crippen molar-refractivity contribution in [3.8, 4) is 5.75 Å². The molecule has 1 saturated carbocycles. The van der Waals surface area contributed by atoms with Gasteiger partial charge in [0.1, 0.15) is 18.4 Å². The molecule has 1 atom stereocenters. The Morgan fingerprint density at radius 2 is 2.19 bits per heavy atom. The lowest BCUT2D eigenvalue weighted by molar-refractivity contribution is -0.144. The van der Waals surface area contributed by atoms with Crippen LogP contribution in [0.25, 0.3) is 0 Å². The number of ether oxygens (including phenoxy) is 2. The van der Waals surface area contributed by atoms with Crippen molar-refractivity contribution < 1.29 is 19.4 Å². The SMILES string of the molecule is O=C(O)C1c2ccccc2OCCN1CCOC1CCC1. The molecule has 0 saturated heterocycles. The number of hydrogen-bond donors (Lipinski definition) is 1. The Balaban J connectivity index is 1.70. The van der Waals surface area contributed by atoms with Gasteiger partial charge in [0.2, 0.25) is 0 Å². The fourth-order valence-electron chi connectivity index (χ4n) is 2.84. The molecular formula is C16H21NO4. The Morgan fingerprint density at radius 1 is 1.38 bits per heavy atom. The highest BCUT2D eigenvalue weighted by molar-refractivity contribution is 5.76. The van der Waals surface area contributed by atoms with Gasteiger partial charge in [-0.3, -0.25) is 9.69 Å². The number of fused-ring (bicyclic) bond motifs is 1. The van der Waals surface area contributed by atoms with Crippen LogP contribution in [-0.2, 0) is 9.53 Å². The van der Waals surface area contributed by atoms with Gasteiger partial charge in [-0.2, -0.15) is 0 Å². The average Bonchev–Trinajstić information content (AvgIpc) is 2.60. The average molecular weight is 291 g/mol. The highest BCUT2D eigenvalue weighted by atomic mass is 16.5. The van der Waals surface area contributed by atoms with Crippen LogP contribution in [0.4, 0.5) is 0 Å². The van der Waals surface area contributed by atoms with Gasteiger partial charge < -0.3 is 14.6 Å². The minimum atomic E-state index is -0.836. The molecule has 0 amide bonds. The van der Waals surface area contributed by atoms with Gasteiger partial charge in [0.25, 0.3) is 0 Å². The van der Waals surface area contributed by atoms with E-state index in [2.05, 4.69) is 0 Å². The normalized spacial score (nSPS) is 22.8. The fourth-order valence-corrected chi connectivity index (χ4v) is 2.84. The second-order valence-corrected chi connectivity index (χ2v) is 5.59. The zero-order valence-corrected chi connectivity index (χ0v) is 12.0. The molecule has 21 heavy (non-hydrogen) atoms. The number of carboxylic acids is 1. The molecule has 5 nitrogen and oxygen atoms in total. The third kappa shape index (κ3) is 3.19. The van der Waals surface area contributed by atoms with Crippen LogP contribution in [0.1, 0.15) is 30.9 Å². The summed E-state index contributed by atoms with van der Waals surface area (Å²) in [5.74, 6) is -0.163. The van der Waals surface area contributed by atoms with Crippen LogP contribution in [0.15, 0.2) is 24.3 Å². The van der Waals surface area contributed by atoms with Gasteiger partial charge in [-0.1, -0.05) is 18.2 Å². The van der Waals surface area contributed by atoms with Crippen molar-refractivity contribution in [2.75, 3.05) is 26.3 Å². The first-order chi connectivity index (χ1) is 10.3. The van der Waals surface area contributed by atoms with Gasteiger partial charge in [-0.05, 0) is 25.3 Å². The molecule has 2 aliphatic rings. The van der Waals surface area contributed by atoms with Crippen molar-refractivity contribution in [2.24, 2.45) is 0 Å². The lowest BCUT2D eigenvalue weighted by Crippen LogP contribution is -2.38. The first-order valence-electron chi connectivity index (χ1n) is 7.56. The van der Waals surface area contributed by atoms with Crippen LogP contribution in [0, 0.1) is 0 Å². The van der Waals surface area contributed by atoms with Crippen molar-refractivity contribution in [1.82, 2.24) is 4.90 Å². The number of nitrogens with zero attached hydrogens (tertiary/aromatic N) is 1. The summed E-state index contributed by atoms with van der Waals surface area (Å²) in [6, 6.07) is 6.73. The molecule has 0 radical (unpaired) electrons. The molecule has 3 rings (SSSR count). The molecule has 1 N–H and O–H groups in total. The third-order valence-electron chi connectivity index (χ3n) is 4.23. The maximum Gasteiger partial charge on any atom is 0.325 e. The maximum atomic E-state index is 11.7. The summed E-state index contributed by atoms with van der Waals surface area (Å²) in [6.45, 7) is 2.30. The number of aliphatic carboxylic acids is 1. The molecule has 0 aromatic heterocycles. The standard InChI is InChI=1S/C16H21NO4/c18-16(19)15-13-6-1-2-7-14(13)21-11-9-17(15)8-10-20-12-4-3-5-12/h1-2,6-7,12,15H,3-5,8-11H2,(H,18,19). The fraction of sp³-hybridized carbons (Fsp3) is 0.562. The number of benzene rings is 1. The zero-order chi connectivity index (χ0) is 14.7. The van der Waals surface area contributed by atoms with Crippen molar-refractivity contribution in [1.29, 1.82) is 0 Å². The van der Waals surface area contributed by atoms with E-state index in [1.165, 1.54) is 6.42 Å². The third-order valence-corrected chi connectivity index (χ3v) is 4.23. The highest BCUT2D eigenvalue weighted by Crippen LogP contribution is 2.32. The molecule has 0 spiro atoms. The summed E-state index contributed by atoms with van der Waals surface area (Å²) in [5, 5.41) is 9.61. The van der Waals surface area contributed by atoms with E-state index in [1.807, 2.05) is 29.2 Å². The second kappa shape index (κ2) is 6.45. The van der Waals surface area contributed by atoms with Crippen LogP contribution in [0.5, 0.6) is 5.75 Å². The molecule has 0 bridgehead atoms. The topological polar surface area (TPSA) is 59.0 Å². The van der Waals surface area contributed by atoms with E-state index in [9.17, 15) is 9.90 Å². The van der Waals surface area contributed by atoms with Gasteiger partial charge in [-0.15, -0.1) is 0 Å². The Morgan fingerprint density at radius 3 is 2.90 bits per heavy atom. The monoisotopic (exact) mass is 291 g/mol.